The quantitative estimate of drug-likeness (QED) is 0.133. The average Bonchev–Trinajstić information content (AvgIpc) is 2.99. The first-order valence-corrected chi connectivity index (χ1v) is 16.8. The van der Waals surface area contributed by atoms with Crippen LogP contribution in [0.2, 0.25) is 0 Å². The lowest BCUT2D eigenvalue weighted by Gasteiger charge is -2.25. The molecule has 44 heavy (non-hydrogen) atoms. The molecule has 0 radical (unpaired) electrons. The van der Waals surface area contributed by atoms with Crippen molar-refractivity contribution >= 4 is 5.97 Å². The Morgan fingerprint density at radius 3 is 1.75 bits per heavy atom. The van der Waals surface area contributed by atoms with Crippen LogP contribution in [0.1, 0.15) is 134 Å². The summed E-state index contributed by atoms with van der Waals surface area (Å²) in [6, 6.07) is 8.96. The van der Waals surface area contributed by atoms with Gasteiger partial charge in [-0.15, -0.1) is 0 Å². The maximum absolute atomic E-state index is 13.8. The fourth-order valence-corrected chi connectivity index (χ4v) is 5.71. The van der Waals surface area contributed by atoms with Gasteiger partial charge in [0, 0.05) is 12.1 Å². The summed E-state index contributed by atoms with van der Waals surface area (Å²) in [6.07, 6.45) is 13.5. The first-order chi connectivity index (χ1) is 20.9. The molecule has 2 aromatic rings. The summed E-state index contributed by atoms with van der Waals surface area (Å²) in [5.74, 6) is -0.488. The van der Waals surface area contributed by atoms with E-state index >= 15 is 0 Å². The monoisotopic (exact) mass is 619 g/mol. The molecule has 0 unspecified atom stereocenters. The molecule has 0 aliphatic heterocycles. The van der Waals surface area contributed by atoms with Crippen molar-refractivity contribution in [3.8, 4) is 16.9 Å². The van der Waals surface area contributed by atoms with Crippen molar-refractivity contribution in [1.82, 2.24) is 4.90 Å². The van der Waals surface area contributed by atoms with Crippen LogP contribution in [0, 0.1) is 0 Å². The topological polar surface area (TPSA) is 49.8 Å². The molecule has 0 heterocycles. The fraction of sp³-hybridized carbons (Fsp3) is 0.649. The highest BCUT2D eigenvalue weighted by molar-refractivity contribution is 5.82. The van der Waals surface area contributed by atoms with Crippen molar-refractivity contribution in [2.24, 2.45) is 0 Å². The maximum Gasteiger partial charge on any atom is 0.416 e. The summed E-state index contributed by atoms with van der Waals surface area (Å²) in [4.78, 5) is 14.1. The van der Waals surface area contributed by atoms with Gasteiger partial charge in [-0.1, -0.05) is 109 Å². The van der Waals surface area contributed by atoms with E-state index < -0.39 is 23.1 Å². The zero-order valence-electron chi connectivity index (χ0n) is 27.8. The molecule has 7 heteroatoms. The molecule has 0 amide bonds. The van der Waals surface area contributed by atoms with Crippen LogP contribution in [-0.4, -0.2) is 36.2 Å². The van der Waals surface area contributed by atoms with Crippen LogP contribution in [0.15, 0.2) is 36.4 Å². The maximum atomic E-state index is 13.8. The smallest absolute Gasteiger partial charge is 0.416 e. The number of methoxy groups -OCH3 is 1. The number of alkyl halides is 3. The molecule has 0 fully saturated rings. The van der Waals surface area contributed by atoms with Crippen LogP contribution in [-0.2, 0) is 22.9 Å². The number of carboxylic acids is 1. The van der Waals surface area contributed by atoms with E-state index in [-0.39, 0.29) is 0 Å². The Morgan fingerprint density at radius 2 is 1.27 bits per heavy atom. The lowest BCUT2D eigenvalue weighted by atomic mass is 9.82. The lowest BCUT2D eigenvalue weighted by molar-refractivity contribution is -0.142. The number of halogens is 3. The second kappa shape index (κ2) is 19.1. The van der Waals surface area contributed by atoms with Crippen LogP contribution in [0.25, 0.3) is 11.1 Å². The molecule has 0 bridgehead atoms. The molecule has 0 aromatic heterocycles. The van der Waals surface area contributed by atoms with Gasteiger partial charge in [0.05, 0.1) is 18.1 Å². The minimum absolute atomic E-state index is 0.365. The third-order valence-corrected chi connectivity index (χ3v) is 8.85. The van der Waals surface area contributed by atoms with Gasteiger partial charge in [-0.05, 0) is 74.3 Å². The molecule has 0 spiro atoms. The number of carboxylic acid groups (broad SMARTS) is 1. The van der Waals surface area contributed by atoms with Gasteiger partial charge in [0.1, 0.15) is 5.75 Å². The zero-order valence-corrected chi connectivity index (χ0v) is 27.8. The molecule has 0 saturated carbocycles. The van der Waals surface area contributed by atoms with Crippen molar-refractivity contribution in [3.63, 3.8) is 0 Å². The SMILES string of the molecule is CCCCCCCCCCCCCCCCN(CC)Cc1cc(C(F)(F)F)ccc1-c1cc(C(C)(C)C(=O)O)ccc1OC. The van der Waals surface area contributed by atoms with Gasteiger partial charge in [0.2, 0.25) is 0 Å². The normalized spacial score (nSPS) is 12.2. The van der Waals surface area contributed by atoms with Gasteiger partial charge >= 0.3 is 12.1 Å². The van der Waals surface area contributed by atoms with E-state index in [1.54, 1.807) is 32.0 Å². The highest BCUT2D eigenvalue weighted by Crippen LogP contribution is 2.39. The van der Waals surface area contributed by atoms with Gasteiger partial charge in [-0.3, -0.25) is 9.69 Å². The molecule has 0 atom stereocenters. The van der Waals surface area contributed by atoms with E-state index in [4.69, 9.17) is 4.74 Å². The molecule has 2 rings (SSSR count). The summed E-state index contributed by atoms with van der Waals surface area (Å²) < 4.78 is 46.9. The van der Waals surface area contributed by atoms with E-state index in [0.717, 1.165) is 32.0 Å². The van der Waals surface area contributed by atoms with Crippen LogP contribution >= 0.6 is 0 Å². The highest BCUT2D eigenvalue weighted by atomic mass is 19.4. The molecule has 1 N–H and O–H groups in total. The average molecular weight is 620 g/mol. The standard InChI is InChI=1S/C37H56F3NO3/c1-6-8-9-10-11-12-13-14-15-16-17-18-19-20-25-41(7-2)28-29-26-31(37(38,39)40)21-23-32(29)33-27-30(22-24-34(33)44-5)36(3,4)35(42)43/h21-24,26-27H,6-20,25,28H2,1-5H3,(H,42,43). The Bertz CT molecular complexity index is 1130. The van der Waals surface area contributed by atoms with Crippen molar-refractivity contribution in [2.45, 2.75) is 136 Å². The van der Waals surface area contributed by atoms with Crippen LogP contribution in [0.5, 0.6) is 5.75 Å². The number of unbranched alkanes of at least 4 members (excludes halogenated alkanes) is 13. The number of benzene rings is 2. The minimum atomic E-state index is -4.46. The first-order valence-electron chi connectivity index (χ1n) is 16.8. The number of carbonyl (C=O) groups is 1. The van der Waals surface area contributed by atoms with Crippen LogP contribution in [0.3, 0.4) is 0 Å². The van der Waals surface area contributed by atoms with Gasteiger partial charge in [-0.25, -0.2) is 0 Å². The third kappa shape index (κ3) is 12.1. The van der Waals surface area contributed by atoms with Crippen LogP contribution < -0.4 is 4.74 Å². The molecular weight excluding hydrogens is 563 g/mol. The van der Waals surface area contributed by atoms with E-state index in [1.165, 1.54) is 96.3 Å². The first kappa shape index (κ1) is 37.6. The number of aliphatic carboxylic acids is 1. The number of hydrogen-bond donors (Lipinski definition) is 1. The Labute approximate surface area is 264 Å². The van der Waals surface area contributed by atoms with Crippen molar-refractivity contribution < 1.29 is 27.8 Å². The van der Waals surface area contributed by atoms with Crippen molar-refractivity contribution in [3.05, 3.63) is 53.1 Å². The fourth-order valence-electron chi connectivity index (χ4n) is 5.71. The summed E-state index contributed by atoms with van der Waals surface area (Å²) in [7, 11) is 1.51. The molecule has 0 aliphatic rings. The predicted molar refractivity (Wildman–Crippen MR) is 175 cm³/mol. The number of rotatable bonds is 22. The largest absolute Gasteiger partial charge is 0.496 e. The molecule has 4 nitrogen and oxygen atoms in total. The summed E-state index contributed by atoms with van der Waals surface area (Å²) in [5, 5.41) is 9.78. The summed E-state index contributed by atoms with van der Waals surface area (Å²) in [6.45, 7) is 9.42. The summed E-state index contributed by atoms with van der Waals surface area (Å²) >= 11 is 0. The molecule has 0 saturated heterocycles. The van der Waals surface area contributed by atoms with Crippen LogP contribution in [0.4, 0.5) is 13.2 Å². The lowest BCUT2D eigenvalue weighted by Crippen LogP contribution is -2.28. The molecule has 248 valence electrons. The predicted octanol–water partition coefficient (Wildman–Crippen LogP) is 11.0. The number of hydrogen-bond acceptors (Lipinski definition) is 3. The summed E-state index contributed by atoms with van der Waals surface area (Å²) in [5.41, 5.74) is 0.464. The minimum Gasteiger partial charge on any atom is -0.496 e. The second-order valence-corrected chi connectivity index (χ2v) is 12.7. The van der Waals surface area contributed by atoms with Gasteiger partial charge < -0.3 is 9.84 Å². The van der Waals surface area contributed by atoms with Gasteiger partial charge in [0.15, 0.2) is 0 Å². The highest BCUT2D eigenvalue weighted by Gasteiger charge is 2.33. The van der Waals surface area contributed by atoms with E-state index in [0.29, 0.717) is 34.5 Å². The van der Waals surface area contributed by atoms with E-state index in [9.17, 15) is 23.1 Å². The Balaban J connectivity index is 2.02. The second-order valence-electron chi connectivity index (χ2n) is 12.7. The van der Waals surface area contributed by atoms with Crippen molar-refractivity contribution in [1.29, 1.82) is 0 Å². The number of ether oxygens (including phenoxy) is 1. The van der Waals surface area contributed by atoms with Crippen molar-refractivity contribution in [2.75, 3.05) is 20.2 Å². The van der Waals surface area contributed by atoms with E-state index in [2.05, 4.69) is 11.8 Å². The zero-order chi connectivity index (χ0) is 32.6. The number of nitrogens with zero attached hydrogens (tertiary/aromatic N) is 1. The molecule has 2 aromatic carbocycles. The Kier molecular flexibility index (Phi) is 16.3. The molecule has 0 aliphatic carbocycles. The Morgan fingerprint density at radius 1 is 0.750 bits per heavy atom. The van der Waals surface area contributed by atoms with Gasteiger partial charge in [-0.2, -0.15) is 13.2 Å². The van der Waals surface area contributed by atoms with E-state index in [1.807, 2.05) is 6.92 Å². The Hall–Kier alpha value is -2.54. The van der Waals surface area contributed by atoms with Gasteiger partial charge in [0.25, 0.3) is 0 Å². The molecular formula is C37H56F3NO3. The third-order valence-electron chi connectivity index (χ3n) is 8.85.